The van der Waals surface area contributed by atoms with Gasteiger partial charge in [0.25, 0.3) is 0 Å². The Morgan fingerprint density at radius 2 is 1.82 bits per heavy atom. The minimum atomic E-state index is 0.198. The molecule has 22 heavy (non-hydrogen) atoms. The van der Waals surface area contributed by atoms with Crippen molar-refractivity contribution in [3.05, 3.63) is 58.6 Å². The quantitative estimate of drug-likeness (QED) is 0.614. The number of aromatic amines is 1. The molecule has 0 amide bonds. The van der Waals surface area contributed by atoms with E-state index < -0.39 is 0 Å². The van der Waals surface area contributed by atoms with Crippen molar-refractivity contribution in [1.29, 1.82) is 0 Å². The van der Waals surface area contributed by atoms with Gasteiger partial charge in [0.2, 0.25) is 0 Å². The van der Waals surface area contributed by atoms with Crippen LogP contribution >= 0.6 is 23.4 Å². The van der Waals surface area contributed by atoms with Crippen molar-refractivity contribution in [2.45, 2.75) is 37.1 Å². The second-order valence-corrected chi connectivity index (χ2v) is 7.84. The number of hydrogen-bond acceptors (Lipinski definition) is 2. The van der Waals surface area contributed by atoms with E-state index in [1.54, 1.807) is 11.8 Å². The van der Waals surface area contributed by atoms with Gasteiger partial charge in [0.05, 0.1) is 11.0 Å². The number of nitrogens with one attached hydrogen (secondary N) is 1. The molecule has 0 spiro atoms. The summed E-state index contributed by atoms with van der Waals surface area (Å²) in [6.45, 7) is 6.70. The molecule has 0 fully saturated rings. The lowest BCUT2D eigenvalue weighted by molar-refractivity contribution is 0.590. The molecule has 0 saturated heterocycles. The van der Waals surface area contributed by atoms with Gasteiger partial charge in [-0.1, -0.05) is 68.4 Å². The van der Waals surface area contributed by atoms with Gasteiger partial charge in [0.1, 0.15) is 0 Å². The van der Waals surface area contributed by atoms with Gasteiger partial charge in [0, 0.05) is 10.8 Å². The lowest BCUT2D eigenvalue weighted by Gasteiger charge is -2.19. The average Bonchev–Trinajstić information content (AvgIpc) is 2.86. The Morgan fingerprint density at radius 1 is 1.09 bits per heavy atom. The number of benzene rings is 2. The second-order valence-electron chi connectivity index (χ2n) is 6.44. The van der Waals surface area contributed by atoms with Crippen molar-refractivity contribution in [2.24, 2.45) is 0 Å². The Morgan fingerprint density at radius 3 is 2.50 bits per heavy atom. The van der Waals surface area contributed by atoms with E-state index in [4.69, 9.17) is 11.6 Å². The van der Waals surface area contributed by atoms with E-state index in [0.717, 1.165) is 27.0 Å². The summed E-state index contributed by atoms with van der Waals surface area (Å²) in [5.41, 5.74) is 4.80. The SMILES string of the molecule is CC(C)(C)c1ccc(CSc2nc3ccc(Cl)cc3[nH]2)cc1. The molecule has 4 heteroatoms. The predicted molar refractivity (Wildman–Crippen MR) is 95.8 cm³/mol. The molecule has 3 rings (SSSR count). The molecular weight excluding hydrogens is 312 g/mol. The van der Waals surface area contributed by atoms with Gasteiger partial charge in [-0.3, -0.25) is 0 Å². The zero-order valence-corrected chi connectivity index (χ0v) is 14.6. The minimum absolute atomic E-state index is 0.198. The minimum Gasteiger partial charge on any atom is -0.333 e. The van der Waals surface area contributed by atoms with Crippen molar-refractivity contribution >= 4 is 34.4 Å². The number of fused-ring (bicyclic) bond motifs is 1. The maximum atomic E-state index is 6.00. The van der Waals surface area contributed by atoms with E-state index in [1.165, 1.54) is 11.1 Å². The standard InChI is InChI=1S/C18H19ClN2S/c1-18(2,3)13-6-4-12(5-7-13)11-22-17-20-15-9-8-14(19)10-16(15)21-17/h4-10H,11H2,1-3H3,(H,20,21). The highest BCUT2D eigenvalue weighted by molar-refractivity contribution is 7.98. The number of rotatable bonds is 3. The number of halogens is 1. The van der Waals surface area contributed by atoms with Crippen molar-refractivity contribution in [3.8, 4) is 0 Å². The smallest absolute Gasteiger partial charge is 0.166 e. The summed E-state index contributed by atoms with van der Waals surface area (Å²) in [4.78, 5) is 7.88. The van der Waals surface area contributed by atoms with Gasteiger partial charge >= 0.3 is 0 Å². The van der Waals surface area contributed by atoms with E-state index in [9.17, 15) is 0 Å². The van der Waals surface area contributed by atoms with E-state index in [1.807, 2.05) is 18.2 Å². The van der Waals surface area contributed by atoms with Gasteiger partial charge in [-0.15, -0.1) is 0 Å². The number of aromatic nitrogens is 2. The predicted octanol–water partition coefficient (Wildman–Crippen LogP) is 5.81. The molecule has 0 bridgehead atoms. The molecular formula is C18H19ClN2S. The third-order valence-corrected chi connectivity index (χ3v) is 4.80. The van der Waals surface area contributed by atoms with Crippen molar-refractivity contribution in [3.63, 3.8) is 0 Å². The van der Waals surface area contributed by atoms with Crippen LogP contribution in [0.2, 0.25) is 5.02 Å². The van der Waals surface area contributed by atoms with Crippen molar-refractivity contribution in [1.82, 2.24) is 9.97 Å². The number of imidazole rings is 1. The number of hydrogen-bond donors (Lipinski definition) is 1. The molecule has 3 aromatic rings. The largest absolute Gasteiger partial charge is 0.333 e. The molecule has 114 valence electrons. The van der Waals surface area contributed by atoms with Crippen LogP contribution in [0, 0.1) is 0 Å². The lowest BCUT2D eigenvalue weighted by atomic mass is 9.87. The van der Waals surface area contributed by atoms with Crippen LogP contribution < -0.4 is 0 Å². The Balaban J connectivity index is 1.71. The average molecular weight is 331 g/mol. The molecule has 0 unspecified atom stereocenters. The summed E-state index contributed by atoms with van der Waals surface area (Å²) >= 11 is 7.71. The first kappa shape index (κ1) is 15.4. The molecule has 1 heterocycles. The van der Waals surface area contributed by atoms with Gasteiger partial charge in [0.15, 0.2) is 5.16 Å². The summed E-state index contributed by atoms with van der Waals surface area (Å²) in [6, 6.07) is 14.6. The molecule has 2 nitrogen and oxygen atoms in total. The summed E-state index contributed by atoms with van der Waals surface area (Å²) in [5.74, 6) is 0.901. The van der Waals surface area contributed by atoms with E-state index in [0.29, 0.717) is 0 Å². The third kappa shape index (κ3) is 3.47. The Labute approximate surface area is 140 Å². The normalized spacial score (nSPS) is 12.0. The maximum Gasteiger partial charge on any atom is 0.166 e. The zero-order valence-electron chi connectivity index (χ0n) is 13.0. The van der Waals surface area contributed by atoms with Crippen LogP contribution in [0.15, 0.2) is 47.6 Å². The third-order valence-electron chi connectivity index (χ3n) is 3.62. The van der Waals surface area contributed by atoms with Gasteiger partial charge in [-0.2, -0.15) is 0 Å². The summed E-state index contributed by atoms with van der Waals surface area (Å²) in [5, 5.41) is 1.66. The molecule has 0 aliphatic heterocycles. The van der Waals surface area contributed by atoms with E-state index >= 15 is 0 Å². The van der Waals surface area contributed by atoms with Crippen molar-refractivity contribution in [2.75, 3.05) is 0 Å². The molecule has 1 aromatic heterocycles. The van der Waals surface area contributed by atoms with Gasteiger partial charge in [-0.05, 0) is 34.7 Å². The highest BCUT2D eigenvalue weighted by Gasteiger charge is 2.13. The van der Waals surface area contributed by atoms with Crippen LogP contribution in [0.5, 0.6) is 0 Å². The first-order valence-corrected chi connectivity index (χ1v) is 8.66. The van der Waals surface area contributed by atoms with Crippen LogP contribution in [0.3, 0.4) is 0 Å². The van der Waals surface area contributed by atoms with Crippen LogP contribution in [-0.4, -0.2) is 9.97 Å². The molecule has 0 aliphatic rings. The lowest BCUT2D eigenvalue weighted by Crippen LogP contribution is -2.10. The van der Waals surface area contributed by atoms with Crippen molar-refractivity contribution < 1.29 is 0 Å². The molecule has 2 aromatic carbocycles. The fraction of sp³-hybridized carbons (Fsp3) is 0.278. The van der Waals surface area contributed by atoms with Crippen LogP contribution in [-0.2, 0) is 11.2 Å². The van der Waals surface area contributed by atoms with Crippen LogP contribution in [0.1, 0.15) is 31.9 Å². The number of thioether (sulfide) groups is 1. The topological polar surface area (TPSA) is 28.7 Å². The number of H-pyrrole nitrogens is 1. The molecule has 0 aliphatic carbocycles. The summed E-state index contributed by atoms with van der Waals surface area (Å²) in [7, 11) is 0. The molecule has 0 radical (unpaired) electrons. The number of nitrogens with zero attached hydrogens (tertiary/aromatic N) is 1. The van der Waals surface area contributed by atoms with E-state index in [-0.39, 0.29) is 5.41 Å². The summed E-state index contributed by atoms with van der Waals surface area (Å²) in [6.07, 6.45) is 0. The highest BCUT2D eigenvalue weighted by atomic mass is 35.5. The highest BCUT2D eigenvalue weighted by Crippen LogP contribution is 2.26. The monoisotopic (exact) mass is 330 g/mol. The van der Waals surface area contributed by atoms with Crippen LogP contribution in [0.4, 0.5) is 0 Å². The molecule has 0 saturated carbocycles. The Kier molecular flexibility index (Phi) is 4.20. The fourth-order valence-electron chi connectivity index (χ4n) is 2.28. The van der Waals surface area contributed by atoms with Gasteiger partial charge in [-0.25, -0.2) is 4.98 Å². The zero-order chi connectivity index (χ0) is 15.7. The second kappa shape index (κ2) is 5.98. The van der Waals surface area contributed by atoms with E-state index in [2.05, 4.69) is 55.0 Å². The molecule has 0 atom stereocenters. The fourth-order valence-corrected chi connectivity index (χ4v) is 3.29. The van der Waals surface area contributed by atoms with Gasteiger partial charge < -0.3 is 4.98 Å². The first-order chi connectivity index (χ1) is 10.4. The van der Waals surface area contributed by atoms with Crippen LogP contribution in [0.25, 0.3) is 11.0 Å². The Hall–Kier alpha value is -1.45. The molecule has 1 N–H and O–H groups in total. The Bertz CT molecular complexity index is 785. The first-order valence-electron chi connectivity index (χ1n) is 7.29. The summed E-state index contributed by atoms with van der Waals surface area (Å²) < 4.78 is 0. The maximum absolute atomic E-state index is 6.00.